The molecule has 0 aliphatic carbocycles. The Kier molecular flexibility index (Phi) is 5.09. The van der Waals surface area contributed by atoms with Crippen LogP contribution in [-0.2, 0) is 0 Å². The van der Waals surface area contributed by atoms with Gasteiger partial charge in [-0.05, 0) is 29.0 Å². The van der Waals surface area contributed by atoms with E-state index in [0.29, 0.717) is 0 Å². The van der Waals surface area contributed by atoms with Crippen LogP contribution in [0.5, 0.6) is 0 Å². The van der Waals surface area contributed by atoms with Crippen LogP contribution in [0, 0.1) is 5.92 Å². The Morgan fingerprint density at radius 2 is 2.38 bits per heavy atom. The molecule has 1 atom stereocenters. The highest BCUT2D eigenvalue weighted by molar-refractivity contribution is 14.1. The van der Waals surface area contributed by atoms with Gasteiger partial charge >= 0.3 is 0 Å². The zero-order valence-electron chi connectivity index (χ0n) is 4.72. The molecule has 0 amide bonds. The lowest BCUT2D eigenvalue weighted by Gasteiger charge is -2.05. The first-order chi connectivity index (χ1) is 3.72. The molecule has 0 aromatic carbocycles. The molecule has 0 fully saturated rings. The summed E-state index contributed by atoms with van der Waals surface area (Å²) in [6, 6.07) is 0. The standard InChI is InChI=1S/C5H9IOS/c1-2-4(3-7)5(6)8/h4,7H,2-3H2,1H3. The van der Waals surface area contributed by atoms with E-state index in [2.05, 4.69) is 22.6 Å². The van der Waals surface area contributed by atoms with Gasteiger partial charge in [-0.2, -0.15) is 0 Å². The van der Waals surface area contributed by atoms with Crippen molar-refractivity contribution < 1.29 is 5.11 Å². The maximum Gasteiger partial charge on any atom is 0.0588 e. The third-order valence-electron chi connectivity index (χ3n) is 1.03. The van der Waals surface area contributed by atoms with Crippen molar-refractivity contribution in [3.63, 3.8) is 0 Å². The molecule has 0 saturated carbocycles. The van der Waals surface area contributed by atoms with Gasteiger partial charge in [0.15, 0.2) is 0 Å². The molecule has 0 saturated heterocycles. The van der Waals surface area contributed by atoms with Crippen LogP contribution in [0.3, 0.4) is 0 Å². The van der Waals surface area contributed by atoms with Crippen molar-refractivity contribution in [2.24, 2.45) is 5.92 Å². The van der Waals surface area contributed by atoms with Crippen LogP contribution < -0.4 is 0 Å². The van der Waals surface area contributed by atoms with Crippen LogP contribution >= 0.6 is 34.8 Å². The molecule has 48 valence electrons. The molecule has 1 nitrogen and oxygen atoms in total. The molecule has 0 aromatic rings. The zero-order chi connectivity index (χ0) is 6.57. The van der Waals surface area contributed by atoms with E-state index in [1.807, 2.05) is 6.92 Å². The van der Waals surface area contributed by atoms with Crippen molar-refractivity contribution in [2.45, 2.75) is 13.3 Å². The van der Waals surface area contributed by atoms with E-state index in [1.165, 1.54) is 0 Å². The lowest BCUT2D eigenvalue weighted by molar-refractivity contribution is 0.261. The second kappa shape index (κ2) is 4.64. The van der Waals surface area contributed by atoms with E-state index < -0.39 is 0 Å². The van der Waals surface area contributed by atoms with Gasteiger partial charge in [-0.15, -0.1) is 0 Å². The Morgan fingerprint density at radius 1 is 1.88 bits per heavy atom. The van der Waals surface area contributed by atoms with E-state index in [9.17, 15) is 0 Å². The molecule has 0 aromatic heterocycles. The summed E-state index contributed by atoms with van der Waals surface area (Å²) < 4.78 is 0.882. The van der Waals surface area contributed by atoms with Crippen molar-refractivity contribution in [3.8, 4) is 0 Å². The molecule has 0 radical (unpaired) electrons. The molecule has 0 bridgehead atoms. The largest absolute Gasteiger partial charge is 0.396 e. The van der Waals surface area contributed by atoms with E-state index in [4.69, 9.17) is 17.3 Å². The SMILES string of the molecule is CCC(CO)C(=S)I. The molecular weight excluding hydrogens is 235 g/mol. The summed E-state index contributed by atoms with van der Waals surface area (Å²) in [5, 5.41) is 8.60. The summed E-state index contributed by atoms with van der Waals surface area (Å²) in [6.07, 6.45) is 0.943. The van der Waals surface area contributed by atoms with Gasteiger partial charge < -0.3 is 5.11 Å². The summed E-state index contributed by atoms with van der Waals surface area (Å²) in [5.41, 5.74) is 0. The van der Waals surface area contributed by atoms with Crippen molar-refractivity contribution in [1.82, 2.24) is 0 Å². The van der Waals surface area contributed by atoms with Crippen LogP contribution in [0.15, 0.2) is 0 Å². The van der Waals surface area contributed by atoms with E-state index in [-0.39, 0.29) is 12.5 Å². The normalized spacial score (nSPS) is 13.4. The number of thiocarbonyl (C=S) groups is 1. The van der Waals surface area contributed by atoms with Crippen molar-refractivity contribution in [1.29, 1.82) is 0 Å². The summed E-state index contributed by atoms with van der Waals surface area (Å²) in [6.45, 7) is 2.21. The molecule has 0 spiro atoms. The fourth-order valence-corrected chi connectivity index (χ4v) is 1.24. The third-order valence-corrected chi connectivity index (χ3v) is 2.25. The molecule has 0 heterocycles. The summed E-state index contributed by atoms with van der Waals surface area (Å²) in [7, 11) is 0. The lowest BCUT2D eigenvalue weighted by Crippen LogP contribution is -2.09. The van der Waals surface area contributed by atoms with Crippen LogP contribution in [0.2, 0.25) is 0 Å². The molecule has 1 unspecified atom stereocenters. The first kappa shape index (κ1) is 8.78. The predicted octanol–water partition coefficient (Wildman–Crippen LogP) is 1.77. The van der Waals surface area contributed by atoms with Gasteiger partial charge in [0.1, 0.15) is 0 Å². The Morgan fingerprint density at radius 3 is 2.38 bits per heavy atom. The molecule has 1 N–H and O–H groups in total. The van der Waals surface area contributed by atoms with Crippen LogP contribution in [0.4, 0.5) is 0 Å². The van der Waals surface area contributed by atoms with Gasteiger partial charge in [0, 0.05) is 5.92 Å². The summed E-state index contributed by atoms with van der Waals surface area (Å²) >= 11 is 6.92. The molecule has 3 heteroatoms. The maximum absolute atomic E-state index is 8.60. The number of hydrogen-bond acceptors (Lipinski definition) is 2. The second-order valence-corrected chi connectivity index (χ2v) is 3.93. The topological polar surface area (TPSA) is 20.2 Å². The minimum absolute atomic E-state index is 0.193. The average molecular weight is 244 g/mol. The first-order valence-electron chi connectivity index (χ1n) is 2.52. The highest BCUT2D eigenvalue weighted by Gasteiger charge is 2.05. The quantitative estimate of drug-likeness (QED) is 0.464. The van der Waals surface area contributed by atoms with Crippen molar-refractivity contribution in [2.75, 3.05) is 6.61 Å². The minimum atomic E-state index is 0.193. The molecular formula is C5H9IOS. The van der Waals surface area contributed by atoms with Gasteiger partial charge in [-0.3, -0.25) is 0 Å². The zero-order valence-corrected chi connectivity index (χ0v) is 7.70. The third kappa shape index (κ3) is 2.94. The highest BCUT2D eigenvalue weighted by Crippen LogP contribution is 2.09. The monoisotopic (exact) mass is 244 g/mol. The molecule has 0 rings (SSSR count). The fourth-order valence-electron chi connectivity index (χ4n) is 0.361. The summed E-state index contributed by atoms with van der Waals surface area (Å²) in [4.78, 5) is 0. The highest BCUT2D eigenvalue weighted by atomic mass is 127. The smallest absolute Gasteiger partial charge is 0.0588 e. The van der Waals surface area contributed by atoms with E-state index in [0.717, 1.165) is 9.29 Å². The van der Waals surface area contributed by atoms with Crippen LogP contribution in [0.1, 0.15) is 13.3 Å². The number of aliphatic hydroxyl groups excluding tert-OH is 1. The van der Waals surface area contributed by atoms with Crippen molar-refractivity contribution >= 4 is 37.7 Å². The second-order valence-electron chi connectivity index (χ2n) is 1.59. The molecule has 0 aliphatic rings. The average Bonchev–Trinajstić information content (AvgIpc) is 1.69. The Bertz CT molecular complexity index is 80.5. The Balaban J connectivity index is 3.52. The molecule has 8 heavy (non-hydrogen) atoms. The fraction of sp³-hybridized carbons (Fsp3) is 0.800. The Hall–Kier alpha value is 0.780. The molecule has 0 aliphatic heterocycles. The maximum atomic E-state index is 8.60. The van der Waals surface area contributed by atoms with Crippen LogP contribution in [0.25, 0.3) is 0 Å². The first-order valence-corrected chi connectivity index (χ1v) is 4.01. The number of hydrogen-bond donors (Lipinski definition) is 1. The van der Waals surface area contributed by atoms with Crippen LogP contribution in [-0.4, -0.2) is 14.6 Å². The van der Waals surface area contributed by atoms with Gasteiger partial charge in [0.25, 0.3) is 0 Å². The Labute approximate surface area is 68.6 Å². The van der Waals surface area contributed by atoms with E-state index >= 15 is 0 Å². The number of rotatable bonds is 3. The van der Waals surface area contributed by atoms with Gasteiger partial charge in [-0.25, -0.2) is 0 Å². The van der Waals surface area contributed by atoms with Gasteiger partial charge in [0.05, 0.1) is 9.48 Å². The number of aliphatic hydroxyl groups is 1. The van der Waals surface area contributed by atoms with E-state index in [1.54, 1.807) is 0 Å². The minimum Gasteiger partial charge on any atom is -0.396 e. The van der Waals surface area contributed by atoms with Gasteiger partial charge in [-0.1, -0.05) is 19.1 Å². The predicted molar refractivity (Wildman–Crippen MR) is 47.5 cm³/mol. The lowest BCUT2D eigenvalue weighted by atomic mass is 10.1. The number of halogens is 1. The van der Waals surface area contributed by atoms with Crippen molar-refractivity contribution in [3.05, 3.63) is 0 Å². The van der Waals surface area contributed by atoms with Gasteiger partial charge in [0.2, 0.25) is 0 Å². The summed E-state index contributed by atoms with van der Waals surface area (Å²) in [5.74, 6) is 0.227.